The molecule has 8 aromatic carbocycles. The summed E-state index contributed by atoms with van der Waals surface area (Å²) in [4.78, 5) is 15.8. The second-order valence-corrected chi connectivity index (χ2v) is 14.4. The largest absolute Gasteiger partial charge is 0.454 e. The molecular formula is C51H31N5O. The summed E-state index contributed by atoms with van der Waals surface area (Å²) in [5, 5.41) is 6.63. The van der Waals surface area contributed by atoms with Crippen LogP contribution in [0.25, 0.3) is 111 Å². The second kappa shape index (κ2) is 12.3. The molecule has 0 aliphatic heterocycles. The van der Waals surface area contributed by atoms with Crippen molar-refractivity contribution in [1.29, 1.82) is 0 Å². The van der Waals surface area contributed by atoms with Crippen molar-refractivity contribution in [2.24, 2.45) is 0 Å². The Labute approximate surface area is 326 Å². The van der Waals surface area contributed by atoms with Crippen LogP contribution in [-0.2, 0) is 0 Å². The van der Waals surface area contributed by atoms with Gasteiger partial charge in [-0.1, -0.05) is 152 Å². The van der Waals surface area contributed by atoms with Gasteiger partial charge in [-0.05, 0) is 36.4 Å². The van der Waals surface area contributed by atoms with E-state index in [-0.39, 0.29) is 0 Å². The minimum atomic E-state index is 0.564. The fraction of sp³-hybridized carbons (Fsp3) is 0. The van der Waals surface area contributed by atoms with Crippen molar-refractivity contribution in [3.63, 3.8) is 0 Å². The number of fused-ring (bicyclic) bond motifs is 9. The number of nitrogens with zero attached hydrogens (tertiary/aromatic N) is 5. The molecule has 0 fully saturated rings. The average molecular weight is 730 g/mol. The fourth-order valence-corrected chi connectivity index (χ4v) is 8.69. The number of benzene rings is 8. The Morgan fingerprint density at radius 1 is 0.333 bits per heavy atom. The van der Waals surface area contributed by atoms with Gasteiger partial charge in [0.2, 0.25) is 0 Å². The minimum absolute atomic E-state index is 0.564. The van der Waals surface area contributed by atoms with Crippen LogP contribution >= 0.6 is 0 Å². The molecule has 4 aromatic heterocycles. The van der Waals surface area contributed by atoms with Gasteiger partial charge in [0.25, 0.3) is 0 Å². The quantitative estimate of drug-likeness (QED) is 0.177. The van der Waals surface area contributed by atoms with E-state index in [1.807, 2.05) is 42.5 Å². The molecule has 0 unspecified atom stereocenters. The SMILES string of the molecule is c1ccc(-c2nc(-c3ccccc3)nc(-c3cc4c(oc5ccccc54)c(-n4c5ccccc5c5ccccc54)c3-n3c4ccccc4c4ccccc43)n2)cc1. The van der Waals surface area contributed by atoms with Crippen molar-refractivity contribution in [2.75, 3.05) is 0 Å². The lowest BCUT2D eigenvalue weighted by atomic mass is 10.0. The Kier molecular flexibility index (Phi) is 6.83. The van der Waals surface area contributed by atoms with Crippen molar-refractivity contribution in [2.45, 2.75) is 0 Å². The van der Waals surface area contributed by atoms with Crippen LogP contribution in [-0.4, -0.2) is 24.1 Å². The van der Waals surface area contributed by atoms with Gasteiger partial charge in [0.05, 0.1) is 27.8 Å². The topological polar surface area (TPSA) is 61.7 Å². The van der Waals surface area contributed by atoms with E-state index in [9.17, 15) is 0 Å². The molecule has 0 saturated heterocycles. The number of aromatic nitrogens is 5. The molecule has 12 rings (SSSR count). The predicted molar refractivity (Wildman–Crippen MR) is 232 cm³/mol. The molecule has 12 aromatic rings. The Balaban J connectivity index is 1.34. The van der Waals surface area contributed by atoms with E-state index in [1.165, 1.54) is 0 Å². The first-order valence-electron chi connectivity index (χ1n) is 19.1. The molecule has 0 bridgehead atoms. The summed E-state index contributed by atoms with van der Waals surface area (Å²) >= 11 is 0. The lowest BCUT2D eigenvalue weighted by Gasteiger charge is -2.21. The van der Waals surface area contributed by atoms with Gasteiger partial charge in [0.1, 0.15) is 11.3 Å². The number of para-hydroxylation sites is 5. The van der Waals surface area contributed by atoms with Crippen molar-refractivity contribution in [1.82, 2.24) is 24.1 Å². The number of furan rings is 1. The van der Waals surface area contributed by atoms with E-state index >= 15 is 0 Å². The average Bonchev–Trinajstić information content (AvgIpc) is 3.94. The summed E-state index contributed by atoms with van der Waals surface area (Å²) in [5.41, 5.74) is 10.4. The first kappa shape index (κ1) is 31.5. The molecule has 0 aliphatic rings. The molecule has 266 valence electrons. The summed E-state index contributed by atoms with van der Waals surface area (Å²) in [5.74, 6) is 1.76. The van der Waals surface area contributed by atoms with Crippen LogP contribution in [0.2, 0.25) is 0 Å². The van der Waals surface area contributed by atoms with Crippen LogP contribution in [0.15, 0.2) is 192 Å². The molecule has 0 radical (unpaired) electrons. The molecule has 0 spiro atoms. The lowest BCUT2D eigenvalue weighted by molar-refractivity contribution is 0.666. The zero-order chi connectivity index (χ0) is 37.5. The van der Waals surface area contributed by atoms with E-state index in [1.54, 1.807) is 0 Å². The molecule has 0 saturated carbocycles. The van der Waals surface area contributed by atoms with Crippen LogP contribution in [0.1, 0.15) is 0 Å². The van der Waals surface area contributed by atoms with E-state index < -0.39 is 0 Å². The van der Waals surface area contributed by atoms with Crippen molar-refractivity contribution in [3.05, 3.63) is 188 Å². The Morgan fingerprint density at radius 3 is 1.21 bits per heavy atom. The van der Waals surface area contributed by atoms with Gasteiger partial charge >= 0.3 is 0 Å². The number of hydrogen-bond donors (Lipinski definition) is 0. The summed E-state index contributed by atoms with van der Waals surface area (Å²) < 4.78 is 11.8. The van der Waals surface area contributed by atoms with E-state index in [2.05, 4.69) is 155 Å². The Bertz CT molecular complexity index is 3360. The van der Waals surface area contributed by atoms with Gasteiger partial charge in [0.15, 0.2) is 23.1 Å². The van der Waals surface area contributed by atoms with Gasteiger partial charge in [-0.15, -0.1) is 0 Å². The third kappa shape index (κ3) is 4.74. The zero-order valence-electron chi connectivity index (χ0n) is 30.5. The monoisotopic (exact) mass is 729 g/mol. The van der Waals surface area contributed by atoms with Gasteiger partial charge in [-0.3, -0.25) is 0 Å². The smallest absolute Gasteiger partial charge is 0.166 e. The maximum atomic E-state index is 7.06. The highest BCUT2D eigenvalue weighted by molar-refractivity contribution is 6.17. The fourth-order valence-electron chi connectivity index (χ4n) is 8.69. The summed E-state index contributed by atoms with van der Waals surface area (Å²) in [7, 11) is 0. The Morgan fingerprint density at radius 2 is 0.719 bits per heavy atom. The van der Waals surface area contributed by atoms with Crippen LogP contribution in [0.3, 0.4) is 0 Å². The van der Waals surface area contributed by atoms with Gasteiger partial charge in [-0.2, -0.15) is 0 Å². The molecule has 6 heteroatoms. The van der Waals surface area contributed by atoms with Crippen LogP contribution in [0.5, 0.6) is 0 Å². The molecule has 0 atom stereocenters. The van der Waals surface area contributed by atoms with E-state index in [4.69, 9.17) is 19.4 Å². The maximum Gasteiger partial charge on any atom is 0.166 e. The summed E-state index contributed by atoms with van der Waals surface area (Å²) in [6.07, 6.45) is 0. The van der Waals surface area contributed by atoms with Crippen LogP contribution in [0, 0.1) is 0 Å². The first-order chi connectivity index (χ1) is 28.3. The standard InChI is InChI=1S/C51H31N5O/c1-3-17-32(18-4-1)49-52-50(33-19-5-2-6-20-33)54-51(53-49)40-31-39-38-25-11-16-30-45(38)57-48(39)47(56-43-28-14-9-23-36(43)37-24-10-15-29-44(37)56)46(40)55-41-26-12-7-21-34(41)35-22-8-13-27-42(35)55/h1-31H. The van der Waals surface area contributed by atoms with Crippen molar-refractivity contribution in [3.8, 4) is 45.5 Å². The second-order valence-electron chi connectivity index (χ2n) is 14.4. The minimum Gasteiger partial charge on any atom is -0.454 e. The predicted octanol–water partition coefficient (Wildman–Crippen LogP) is 13.0. The maximum absolute atomic E-state index is 7.06. The van der Waals surface area contributed by atoms with Crippen molar-refractivity contribution >= 4 is 65.6 Å². The molecule has 57 heavy (non-hydrogen) atoms. The third-order valence-corrected chi connectivity index (χ3v) is 11.2. The lowest BCUT2D eigenvalue weighted by Crippen LogP contribution is -2.08. The van der Waals surface area contributed by atoms with E-state index in [0.717, 1.165) is 93.6 Å². The first-order valence-corrected chi connectivity index (χ1v) is 19.1. The molecule has 0 amide bonds. The zero-order valence-corrected chi connectivity index (χ0v) is 30.5. The highest BCUT2D eigenvalue weighted by Gasteiger charge is 2.29. The molecular weight excluding hydrogens is 699 g/mol. The highest BCUT2D eigenvalue weighted by atomic mass is 16.3. The van der Waals surface area contributed by atoms with Crippen LogP contribution in [0.4, 0.5) is 0 Å². The number of hydrogen-bond acceptors (Lipinski definition) is 4. The van der Waals surface area contributed by atoms with Gasteiger partial charge < -0.3 is 13.6 Å². The number of rotatable bonds is 5. The molecule has 6 nitrogen and oxygen atoms in total. The molecule has 0 aliphatic carbocycles. The highest BCUT2D eigenvalue weighted by Crippen LogP contribution is 2.47. The summed E-state index contributed by atoms with van der Waals surface area (Å²) in [6.45, 7) is 0. The van der Waals surface area contributed by atoms with Gasteiger partial charge in [0, 0.05) is 49.0 Å². The van der Waals surface area contributed by atoms with Crippen molar-refractivity contribution < 1.29 is 4.42 Å². The third-order valence-electron chi connectivity index (χ3n) is 11.2. The normalized spacial score (nSPS) is 11.9. The van der Waals surface area contributed by atoms with E-state index in [0.29, 0.717) is 17.5 Å². The summed E-state index contributed by atoms with van der Waals surface area (Å²) in [6, 6.07) is 65.4. The Hall–Kier alpha value is -7.83. The van der Waals surface area contributed by atoms with Gasteiger partial charge in [-0.25, -0.2) is 15.0 Å². The molecule has 0 N–H and O–H groups in total. The van der Waals surface area contributed by atoms with Crippen LogP contribution < -0.4 is 0 Å². The molecule has 4 heterocycles.